The number of hydrogen-bond acceptors (Lipinski definition) is 2. The van der Waals surface area contributed by atoms with E-state index in [0.717, 1.165) is 4.47 Å². The molecule has 0 aliphatic rings. The molecular weight excluding hydrogens is 291 g/mol. The van der Waals surface area contributed by atoms with E-state index in [1.807, 2.05) is 12.1 Å². The van der Waals surface area contributed by atoms with Gasteiger partial charge in [-0.2, -0.15) is 5.26 Å². The monoisotopic (exact) mass is 296 g/mol. The average molecular weight is 298 g/mol. The maximum Gasteiger partial charge on any atom is 0.270 e. The molecule has 16 heavy (non-hydrogen) atoms. The summed E-state index contributed by atoms with van der Waals surface area (Å²) in [6.07, 6.45) is 0. The number of aromatic nitrogens is 1. The lowest BCUT2D eigenvalue weighted by molar-refractivity contribution is 0.901. The zero-order valence-electron chi connectivity index (χ0n) is 8.29. The van der Waals surface area contributed by atoms with Crippen molar-refractivity contribution in [2.24, 2.45) is 7.05 Å². The van der Waals surface area contributed by atoms with Crippen LogP contribution < -0.4 is 5.56 Å². The smallest absolute Gasteiger partial charge is 0.270 e. The molecule has 0 saturated carbocycles. The third kappa shape index (κ3) is 1.53. The second-order valence-corrected chi connectivity index (χ2v) is 4.62. The number of fused-ring (bicyclic) bond motifs is 1. The lowest BCUT2D eigenvalue weighted by Gasteiger charge is -2.08. The van der Waals surface area contributed by atoms with Crippen LogP contribution in [0.3, 0.4) is 0 Å². The summed E-state index contributed by atoms with van der Waals surface area (Å²) in [7, 11) is 1.62. The summed E-state index contributed by atoms with van der Waals surface area (Å²) in [6, 6.07) is 7.23. The minimum Gasteiger partial charge on any atom is -0.310 e. The fraction of sp³-hybridized carbons (Fsp3) is 0.0909. The largest absolute Gasteiger partial charge is 0.310 e. The lowest BCUT2D eigenvalue weighted by atomic mass is 10.1. The molecule has 0 amide bonds. The van der Waals surface area contributed by atoms with Crippen molar-refractivity contribution in [2.45, 2.75) is 0 Å². The summed E-state index contributed by atoms with van der Waals surface area (Å²) in [6.45, 7) is 0. The normalized spacial score (nSPS) is 10.4. The molecule has 1 aromatic carbocycles. The van der Waals surface area contributed by atoms with Gasteiger partial charge in [-0.25, -0.2) is 0 Å². The Balaban J connectivity index is 3.10. The Morgan fingerprint density at radius 1 is 1.50 bits per heavy atom. The van der Waals surface area contributed by atoms with Gasteiger partial charge in [-0.15, -0.1) is 0 Å². The maximum atomic E-state index is 11.8. The molecule has 0 bridgehead atoms. The van der Waals surface area contributed by atoms with E-state index in [9.17, 15) is 4.79 Å². The van der Waals surface area contributed by atoms with Crippen molar-refractivity contribution in [3.63, 3.8) is 0 Å². The minimum absolute atomic E-state index is 0.0187. The Bertz CT molecular complexity index is 685. The number of rotatable bonds is 0. The van der Waals surface area contributed by atoms with E-state index in [2.05, 4.69) is 15.9 Å². The Morgan fingerprint density at radius 3 is 2.81 bits per heavy atom. The van der Waals surface area contributed by atoms with Crippen LogP contribution >= 0.6 is 27.5 Å². The van der Waals surface area contributed by atoms with Crippen molar-refractivity contribution in [1.82, 2.24) is 4.57 Å². The first kappa shape index (κ1) is 11.2. The lowest BCUT2D eigenvalue weighted by Crippen LogP contribution is -2.20. The molecule has 0 atom stereocenters. The molecule has 0 saturated heterocycles. The molecule has 3 nitrogen and oxygen atoms in total. The topological polar surface area (TPSA) is 45.8 Å². The molecule has 2 rings (SSSR count). The number of nitrogens with zero attached hydrogens (tertiary/aromatic N) is 2. The van der Waals surface area contributed by atoms with E-state index in [0.29, 0.717) is 10.9 Å². The van der Waals surface area contributed by atoms with Crippen molar-refractivity contribution in [3.05, 3.63) is 43.6 Å². The third-order valence-corrected chi connectivity index (χ3v) is 3.29. The van der Waals surface area contributed by atoms with Crippen LogP contribution in [0, 0.1) is 11.3 Å². The molecule has 0 spiro atoms. The van der Waals surface area contributed by atoms with Crippen LogP contribution in [0.1, 0.15) is 5.56 Å². The molecule has 0 N–H and O–H groups in total. The van der Waals surface area contributed by atoms with Crippen molar-refractivity contribution in [2.75, 3.05) is 0 Å². The van der Waals surface area contributed by atoms with Crippen LogP contribution in [-0.4, -0.2) is 4.57 Å². The number of benzene rings is 1. The molecule has 0 unspecified atom stereocenters. The highest BCUT2D eigenvalue weighted by molar-refractivity contribution is 9.10. The molecule has 0 radical (unpaired) electrons. The van der Waals surface area contributed by atoms with Crippen molar-refractivity contribution in [1.29, 1.82) is 5.26 Å². The van der Waals surface area contributed by atoms with E-state index in [1.54, 1.807) is 19.2 Å². The highest BCUT2D eigenvalue weighted by atomic mass is 79.9. The van der Waals surface area contributed by atoms with Gasteiger partial charge in [-0.1, -0.05) is 27.5 Å². The van der Waals surface area contributed by atoms with Crippen molar-refractivity contribution in [3.8, 4) is 6.07 Å². The quantitative estimate of drug-likeness (QED) is 0.750. The molecule has 80 valence electrons. The summed E-state index contributed by atoms with van der Waals surface area (Å²) in [5.74, 6) is 0. The van der Waals surface area contributed by atoms with E-state index in [4.69, 9.17) is 16.9 Å². The summed E-state index contributed by atoms with van der Waals surface area (Å²) in [4.78, 5) is 11.8. The van der Waals surface area contributed by atoms with Gasteiger partial charge in [0.15, 0.2) is 0 Å². The summed E-state index contributed by atoms with van der Waals surface area (Å²) in [5.41, 5.74) is 0.314. The Kier molecular flexibility index (Phi) is 2.75. The molecule has 5 heteroatoms. The van der Waals surface area contributed by atoms with Crippen molar-refractivity contribution >= 4 is 38.4 Å². The molecule has 1 heterocycles. The summed E-state index contributed by atoms with van der Waals surface area (Å²) < 4.78 is 2.27. The van der Waals surface area contributed by atoms with Gasteiger partial charge in [0.2, 0.25) is 0 Å². The number of halogens is 2. The van der Waals surface area contributed by atoms with Crippen LogP contribution in [0.25, 0.3) is 10.9 Å². The zero-order chi connectivity index (χ0) is 11.9. The van der Waals surface area contributed by atoms with Gasteiger partial charge < -0.3 is 4.57 Å². The Morgan fingerprint density at radius 2 is 2.19 bits per heavy atom. The molecule has 0 aliphatic heterocycles. The summed E-state index contributed by atoms with van der Waals surface area (Å²) >= 11 is 9.36. The predicted octanol–water partition coefficient (Wildman–Crippen LogP) is 2.83. The highest BCUT2D eigenvalue weighted by Gasteiger charge is 2.13. The number of nitriles is 1. The van der Waals surface area contributed by atoms with E-state index in [-0.39, 0.29) is 16.1 Å². The standard InChI is InChI=1S/C11H6BrClN2O/c1-15-9-3-2-6(12)4-7(9)10(13)8(5-14)11(15)16/h2-4H,1H3. The third-order valence-electron chi connectivity index (χ3n) is 2.41. The average Bonchev–Trinajstić information content (AvgIpc) is 2.27. The maximum absolute atomic E-state index is 11.8. The van der Waals surface area contributed by atoms with Gasteiger partial charge in [0.05, 0.1) is 10.5 Å². The first-order chi connectivity index (χ1) is 7.56. The van der Waals surface area contributed by atoms with Gasteiger partial charge in [0.25, 0.3) is 5.56 Å². The number of aryl methyl sites for hydroxylation is 1. The van der Waals surface area contributed by atoms with Crippen LogP contribution in [0.15, 0.2) is 27.5 Å². The molecule has 0 fully saturated rings. The van der Waals surface area contributed by atoms with Gasteiger partial charge in [0.1, 0.15) is 11.6 Å². The molecule has 1 aromatic heterocycles. The molecular formula is C11H6BrClN2O. The predicted molar refractivity (Wildman–Crippen MR) is 66.6 cm³/mol. The Hall–Kier alpha value is -1.31. The number of hydrogen-bond donors (Lipinski definition) is 0. The van der Waals surface area contributed by atoms with E-state index >= 15 is 0 Å². The van der Waals surface area contributed by atoms with Gasteiger partial charge >= 0.3 is 0 Å². The fourth-order valence-electron chi connectivity index (χ4n) is 1.58. The van der Waals surface area contributed by atoms with Gasteiger partial charge in [0, 0.05) is 16.9 Å². The van der Waals surface area contributed by atoms with Crippen molar-refractivity contribution < 1.29 is 0 Å². The van der Waals surface area contributed by atoms with Crippen LogP contribution in [0.4, 0.5) is 0 Å². The second kappa shape index (κ2) is 3.93. The minimum atomic E-state index is -0.373. The summed E-state index contributed by atoms with van der Waals surface area (Å²) in [5, 5.41) is 9.79. The van der Waals surface area contributed by atoms with Crippen LogP contribution in [0.5, 0.6) is 0 Å². The van der Waals surface area contributed by atoms with Gasteiger partial charge in [-0.3, -0.25) is 4.79 Å². The fourth-order valence-corrected chi connectivity index (χ4v) is 2.21. The van der Waals surface area contributed by atoms with E-state index < -0.39 is 0 Å². The molecule has 0 aliphatic carbocycles. The van der Waals surface area contributed by atoms with Crippen LogP contribution in [0.2, 0.25) is 5.02 Å². The van der Waals surface area contributed by atoms with Crippen LogP contribution in [-0.2, 0) is 7.05 Å². The first-order valence-electron chi connectivity index (χ1n) is 4.44. The second-order valence-electron chi connectivity index (χ2n) is 3.33. The SMILES string of the molecule is Cn1c(=O)c(C#N)c(Cl)c2cc(Br)ccc21. The van der Waals surface area contributed by atoms with E-state index in [1.165, 1.54) is 4.57 Å². The molecule has 2 aromatic rings. The van der Waals surface area contributed by atoms with Gasteiger partial charge in [-0.05, 0) is 18.2 Å². The Labute approximate surface area is 105 Å². The first-order valence-corrected chi connectivity index (χ1v) is 5.61. The number of pyridine rings is 1. The zero-order valence-corrected chi connectivity index (χ0v) is 10.6. The highest BCUT2D eigenvalue weighted by Crippen LogP contribution is 2.27.